The van der Waals surface area contributed by atoms with Crippen molar-refractivity contribution in [2.75, 3.05) is 51.3 Å². The smallest absolute Gasteiger partial charge is 0.318 e. The first-order valence-electron chi connectivity index (χ1n) is 6.98. The molecule has 7 heteroatoms. The van der Waals surface area contributed by atoms with Gasteiger partial charge in [-0.15, -0.1) is 0 Å². The van der Waals surface area contributed by atoms with Crippen LogP contribution in [0.15, 0.2) is 6.20 Å². The monoisotopic (exact) mass is 299 g/mol. The Bertz CT molecular complexity index is 423. The van der Waals surface area contributed by atoms with Crippen LogP contribution in [0, 0.1) is 0 Å². The van der Waals surface area contributed by atoms with Gasteiger partial charge in [-0.2, -0.15) is 4.98 Å². The molecule has 0 atom stereocenters. The van der Waals surface area contributed by atoms with E-state index in [0.29, 0.717) is 11.0 Å². The molecule has 0 unspecified atom stereocenters. The lowest BCUT2D eigenvalue weighted by Crippen LogP contribution is -2.47. The average molecular weight is 300 g/mol. The highest BCUT2D eigenvalue weighted by atomic mass is 35.5. The molecule has 0 aliphatic carbocycles. The van der Waals surface area contributed by atoms with Crippen molar-refractivity contribution in [1.82, 2.24) is 14.9 Å². The number of aromatic nitrogens is 2. The zero-order valence-electron chi connectivity index (χ0n) is 11.9. The third-order valence-electron chi connectivity index (χ3n) is 3.49. The van der Waals surface area contributed by atoms with E-state index in [-0.39, 0.29) is 0 Å². The number of rotatable bonds is 6. The third kappa shape index (κ3) is 3.94. The molecule has 1 fully saturated rings. The minimum Gasteiger partial charge on any atom is -0.467 e. The lowest BCUT2D eigenvalue weighted by Gasteiger charge is -2.35. The highest BCUT2D eigenvalue weighted by Gasteiger charge is 2.20. The minimum atomic E-state index is 0.356. The Morgan fingerprint density at radius 2 is 2.05 bits per heavy atom. The highest BCUT2D eigenvalue weighted by molar-refractivity contribution is 6.32. The second-order valence-corrected chi connectivity index (χ2v) is 5.26. The summed E-state index contributed by atoms with van der Waals surface area (Å²) in [5.41, 5.74) is 5.52. The van der Waals surface area contributed by atoms with Gasteiger partial charge in [-0.25, -0.2) is 4.98 Å². The van der Waals surface area contributed by atoms with E-state index in [1.54, 1.807) is 13.3 Å². The maximum absolute atomic E-state index is 6.18. The molecule has 0 saturated carbocycles. The van der Waals surface area contributed by atoms with E-state index in [9.17, 15) is 0 Å². The summed E-state index contributed by atoms with van der Waals surface area (Å²) in [4.78, 5) is 13.0. The number of nitrogens with zero attached hydrogens (tertiary/aromatic N) is 4. The van der Waals surface area contributed by atoms with Gasteiger partial charge in [-0.1, -0.05) is 11.6 Å². The van der Waals surface area contributed by atoms with E-state index in [4.69, 9.17) is 22.1 Å². The van der Waals surface area contributed by atoms with Crippen LogP contribution in [0.3, 0.4) is 0 Å². The number of hydrogen-bond acceptors (Lipinski definition) is 6. The van der Waals surface area contributed by atoms with Crippen molar-refractivity contribution < 1.29 is 4.74 Å². The lowest BCUT2D eigenvalue weighted by atomic mass is 10.2. The predicted octanol–water partition coefficient (Wildman–Crippen LogP) is 0.999. The molecule has 1 aliphatic rings. The van der Waals surface area contributed by atoms with E-state index < -0.39 is 0 Å². The van der Waals surface area contributed by atoms with Crippen molar-refractivity contribution >= 4 is 17.4 Å². The van der Waals surface area contributed by atoms with E-state index in [2.05, 4.69) is 19.8 Å². The first-order valence-corrected chi connectivity index (χ1v) is 7.36. The van der Waals surface area contributed by atoms with Crippen molar-refractivity contribution in [3.8, 4) is 6.01 Å². The fourth-order valence-corrected chi connectivity index (χ4v) is 2.54. The molecule has 1 aliphatic heterocycles. The zero-order chi connectivity index (χ0) is 14.4. The van der Waals surface area contributed by atoms with Gasteiger partial charge in [0, 0.05) is 26.2 Å². The Morgan fingerprint density at radius 1 is 1.30 bits per heavy atom. The molecule has 20 heavy (non-hydrogen) atoms. The molecule has 1 saturated heterocycles. The van der Waals surface area contributed by atoms with Crippen LogP contribution in [-0.2, 0) is 0 Å². The van der Waals surface area contributed by atoms with Crippen LogP contribution in [0.2, 0.25) is 5.02 Å². The molecule has 0 spiro atoms. The maximum atomic E-state index is 6.18. The maximum Gasteiger partial charge on any atom is 0.318 e. The van der Waals surface area contributed by atoms with Crippen LogP contribution in [-0.4, -0.2) is 61.2 Å². The molecule has 2 N–H and O–H groups in total. The summed E-state index contributed by atoms with van der Waals surface area (Å²) in [6, 6.07) is 0.356. The third-order valence-corrected chi connectivity index (χ3v) is 3.75. The van der Waals surface area contributed by atoms with E-state index in [0.717, 1.165) is 51.5 Å². The van der Waals surface area contributed by atoms with Crippen LogP contribution >= 0.6 is 11.6 Å². The summed E-state index contributed by atoms with van der Waals surface area (Å²) in [6.07, 6.45) is 3.85. The van der Waals surface area contributed by atoms with Crippen LogP contribution in [0.5, 0.6) is 6.01 Å². The molecule has 2 rings (SSSR count). The van der Waals surface area contributed by atoms with E-state index in [1.165, 1.54) is 6.42 Å². The zero-order valence-corrected chi connectivity index (χ0v) is 12.6. The summed E-state index contributed by atoms with van der Waals surface area (Å²) >= 11 is 6.18. The predicted molar refractivity (Wildman–Crippen MR) is 80.5 cm³/mol. The van der Waals surface area contributed by atoms with Crippen LogP contribution in [0.4, 0.5) is 5.82 Å². The van der Waals surface area contributed by atoms with Gasteiger partial charge < -0.3 is 15.4 Å². The largest absolute Gasteiger partial charge is 0.467 e. The molecule has 1 aromatic heterocycles. The van der Waals surface area contributed by atoms with Gasteiger partial charge in [-0.3, -0.25) is 4.90 Å². The van der Waals surface area contributed by atoms with Crippen LogP contribution in [0.1, 0.15) is 12.8 Å². The van der Waals surface area contributed by atoms with Crippen molar-refractivity contribution in [3.63, 3.8) is 0 Å². The molecular formula is C13H22ClN5O. The summed E-state index contributed by atoms with van der Waals surface area (Å²) in [6.45, 7) is 5.77. The fraction of sp³-hybridized carbons (Fsp3) is 0.692. The van der Waals surface area contributed by atoms with Crippen LogP contribution in [0.25, 0.3) is 0 Å². The molecule has 1 aromatic rings. The Balaban J connectivity index is 1.90. The first-order chi connectivity index (χ1) is 9.74. The summed E-state index contributed by atoms with van der Waals surface area (Å²) in [5, 5.41) is 0.572. The van der Waals surface area contributed by atoms with E-state index >= 15 is 0 Å². The Morgan fingerprint density at radius 3 is 2.70 bits per heavy atom. The van der Waals surface area contributed by atoms with Gasteiger partial charge in [0.15, 0.2) is 5.82 Å². The first kappa shape index (κ1) is 15.3. The number of hydrogen-bond donors (Lipinski definition) is 1. The second-order valence-electron chi connectivity index (χ2n) is 4.85. The number of ether oxygens (including phenoxy) is 1. The molecule has 0 aromatic carbocycles. The number of unbranched alkanes of at least 4 members (excludes halogenated alkanes) is 1. The highest BCUT2D eigenvalue weighted by Crippen LogP contribution is 2.25. The molecule has 112 valence electrons. The lowest BCUT2D eigenvalue weighted by molar-refractivity contribution is 0.252. The van der Waals surface area contributed by atoms with Gasteiger partial charge in [-0.05, 0) is 25.9 Å². The average Bonchev–Trinajstić information content (AvgIpc) is 2.49. The number of nitrogens with two attached hydrogens (primary N) is 1. The molecule has 0 amide bonds. The Labute approximate surface area is 124 Å². The number of piperazine rings is 1. The molecule has 0 bridgehead atoms. The quantitative estimate of drug-likeness (QED) is 0.791. The second kappa shape index (κ2) is 7.61. The number of anilines is 1. The molecule has 0 radical (unpaired) electrons. The Hall–Kier alpha value is -1.11. The standard InChI is InChI=1S/C13H22ClN5O/c1-20-13-16-10-11(14)12(17-13)19-8-6-18(7-9-19)5-3-2-4-15/h10H,2-9,15H2,1H3. The summed E-state index contributed by atoms with van der Waals surface area (Å²) in [5.74, 6) is 0.764. The summed E-state index contributed by atoms with van der Waals surface area (Å²) in [7, 11) is 1.56. The topological polar surface area (TPSA) is 67.5 Å². The van der Waals surface area contributed by atoms with E-state index in [1.807, 2.05) is 0 Å². The molecule has 6 nitrogen and oxygen atoms in total. The normalized spacial score (nSPS) is 16.4. The molecule has 2 heterocycles. The number of halogens is 1. The van der Waals surface area contributed by atoms with Gasteiger partial charge in [0.25, 0.3) is 0 Å². The van der Waals surface area contributed by atoms with Gasteiger partial charge in [0.05, 0.1) is 13.3 Å². The summed E-state index contributed by atoms with van der Waals surface area (Å²) < 4.78 is 5.06. The van der Waals surface area contributed by atoms with Crippen molar-refractivity contribution in [2.45, 2.75) is 12.8 Å². The molecular weight excluding hydrogens is 278 g/mol. The number of methoxy groups -OCH3 is 1. The van der Waals surface area contributed by atoms with Crippen molar-refractivity contribution in [3.05, 3.63) is 11.2 Å². The Kier molecular flexibility index (Phi) is 5.82. The van der Waals surface area contributed by atoms with Gasteiger partial charge in [0.2, 0.25) is 0 Å². The van der Waals surface area contributed by atoms with Crippen molar-refractivity contribution in [2.24, 2.45) is 5.73 Å². The van der Waals surface area contributed by atoms with Gasteiger partial charge >= 0.3 is 6.01 Å². The van der Waals surface area contributed by atoms with Gasteiger partial charge in [0.1, 0.15) is 5.02 Å². The fourth-order valence-electron chi connectivity index (χ4n) is 2.33. The van der Waals surface area contributed by atoms with Crippen molar-refractivity contribution in [1.29, 1.82) is 0 Å². The minimum absolute atomic E-state index is 0.356. The van der Waals surface area contributed by atoms with Crippen LogP contribution < -0.4 is 15.4 Å². The SMILES string of the molecule is COc1ncc(Cl)c(N2CCN(CCCCN)CC2)n1.